The highest BCUT2D eigenvalue weighted by molar-refractivity contribution is 6.33. The Morgan fingerprint density at radius 3 is 2.77 bits per heavy atom. The van der Waals surface area contributed by atoms with E-state index >= 15 is 0 Å². The first-order chi connectivity index (χ1) is 14.7. The highest BCUT2D eigenvalue weighted by atomic mass is 35.5. The first kappa shape index (κ1) is 19.6. The molecule has 0 aromatic carbocycles. The fourth-order valence-corrected chi connectivity index (χ4v) is 4.52. The van der Waals surface area contributed by atoms with E-state index in [4.69, 9.17) is 11.6 Å². The van der Waals surface area contributed by atoms with E-state index in [1.54, 1.807) is 29.4 Å². The van der Waals surface area contributed by atoms with Crippen molar-refractivity contribution in [2.75, 3.05) is 5.32 Å². The number of nitrogens with zero attached hydrogens (tertiary/aromatic N) is 6. The SMILES string of the molecule is Cn1cnc(-c2ncc(NC(=O)[C@@H]3CC(C)(C)c4c3cnc3cc(F)nn43)cc2Cl)c1. The van der Waals surface area contributed by atoms with E-state index in [-0.39, 0.29) is 11.3 Å². The number of imidazole rings is 1. The first-order valence-corrected chi connectivity index (χ1v) is 10.1. The second-order valence-corrected chi connectivity index (χ2v) is 8.82. The number of carbonyl (C=O) groups is 1. The van der Waals surface area contributed by atoms with Gasteiger partial charge in [-0.15, -0.1) is 5.10 Å². The minimum atomic E-state index is -0.599. The maximum absolute atomic E-state index is 13.7. The average molecular weight is 440 g/mol. The number of aryl methyl sites for hydroxylation is 1. The van der Waals surface area contributed by atoms with Gasteiger partial charge in [0, 0.05) is 36.5 Å². The molecule has 4 heterocycles. The predicted octanol–water partition coefficient (Wildman–Crippen LogP) is 3.72. The normalized spacial score (nSPS) is 17.1. The van der Waals surface area contributed by atoms with Crippen molar-refractivity contribution < 1.29 is 9.18 Å². The summed E-state index contributed by atoms with van der Waals surface area (Å²) in [5, 5.41) is 7.22. The first-order valence-electron chi connectivity index (χ1n) is 9.72. The predicted molar refractivity (Wildman–Crippen MR) is 113 cm³/mol. The summed E-state index contributed by atoms with van der Waals surface area (Å²) >= 11 is 6.39. The zero-order valence-corrected chi connectivity index (χ0v) is 17.9. The van der Waals surface area contributed by atoms with Gasteiger partial charge in [0.25, 0.3) is 0 Å². The van der Waals surface area contributed by atoms with Crippen molar-refractivity contribution in [1.82, 2.24) is 29.1 Å². The molecule has 0 fully saturated rings. The lowest BCUT2D eigenvalue weighted by Crippen LogP contribution is -2.21. The maximum atomic E-state index is 13.7. The molecule has 158 valence electrons. The minimum absolute atomic E-state index is 0.205. The zero-order chi connectivity index (χ0) is 21.9. The quantitative estimate of drug-likeness (QED) is 0.525. The molecule has 0 saturated heterocycles. The fourth-order valence-electron chi connectivity index (χ4n) is 4.26. The van der Waals surface area contributed by atoms with Gasteiger partial charge in [-0.3, -0.25) is 9.78 Å². The summed E-state index contributed by atoms with van der Waals surface area (Å²) in [6, 6.07) is 2.93. The molecule has 0 bridgehead atoms. The van der Waals surface area contributed by atoms with Gasteiger partial charge in [0.15, 0.2) is 5.65 Å². The van der Waals surface area contributed by atoms with Crippen LogP contribution < -0.4 is 5.32 Å². The van der Waals surface area contributed by atoms with Crippen molar-refractivity contribution >= 4 is 28.8 Å². The van der Waals surface area contributed by atoms with E-state index in [1.165, 1.54) is 10.6 Å². The topological polar surface area (TPSA) is 90.0 Å². The Morgan fingerprint density at radius 2 is 2.06 bits per heavy atom. The zero-order valence-electron chi connectivity index (χ0n) is 17.1. The van der Waals surface area contributed by atoms with Gasteiger partial charge in [0.2, 0.25) is 11.9 Å². The van der Waals surface area contributed by atoms with Gasteiger partial charge in [-0.05, 0) is 12.5 Å². The number of halogens is 2. The van der Waals surface area contributed by atoms with Crippen molar-refractivity contribution in [3.05, 3.63) is 59.3 Å². The summed E-state index contributed by atoms with van der Waals surface area (Å²) < 4.78 is 17.0. The lowest BCUT2D eigenvalue weighted by atomic mass is 9.88. The molecule has 4 aromatic heterocycles. The third-order valence-corrected chi connectivity index (χ3v) is 5.87. The largest absolute Gasteiger partial charge is 0.340 e. The van der Waals surface area contributed by atoms with Crippen LogP contribution in [-0.2, 0) is 17.3 Å². The van der Waals surface area contributed by atoms with Crippen molar-refractivity contribution in [2.24, 2.45) is 7.05 Å². The van der Waals surface area contributed by atoms with Gasteiger partial charge >= 0.3 is 0 Å². The van der Waals surface area contributed by atoms with Crippen LogP contribution in [-0.4, -0.2) is 35.0 Å². The van der Waals surface area contributed by atoms with Crippen LogP contribution >= 0.6 is 11.6 Å². The summed E-state index contributed by atoms with van der Waals surface area (Å²) in [6.45, 7) is 4.02. The highest BCUT2D eigenvalue weighted by Crippen LogP contribution is 2.46. The van der Waals surface area contributed by atoms with E-state index in [0.717, 1.165) is 11.3 Å². The van der Waals surface area contributed by atoms with Gasteiger partial charge < -0.3 is 9.88 Å². The Hall–Kier alpha value is -3.33. The van der Waals surface area contributed by atoms with E-state index in [1.807, 2.05) is 27.1 Å². The summed E-state index contributed by atoms with van der Waals surface area (Å²) in [6.07, 6.45) is 7.22. The standard InChI is InChI=1S/C21H19ClFN7O/c1-21(2)6-12(13-8-24-17-5-16(23)28-30(17)19(13)21)20(31)27-11-4-14(22)18(25-7-11)15-9-29(3)10-26-15/h4-5,7-10,12H,6H2,1-3H3,(H,27,31)/t12-/m1/s1. The van der Waals surface area contributed by atoms with Crippen LogP contribution in [0.4, 0.5) is 10.1 Å². The third kappa shape index (κ3) is 3.25. The number of hydrogen-bond acceptors (Lipinski definition) is 5. The van der Waals surface area contributed by atoms with Gasteiger partial charge in [0.1, 0.15) is 11.4 Å². The van der Waals surface area contributed by atoms with E-state index < -0.39 is 11.9 Å². The van der Waals surface area contributed by atoms with Gasteiger partial charge in [-0.25, -0.2) is 14.5 Å². The number of rotatable bonds is 3. The van der Waals surface area contributed by atoms with Crippen molar-refractivity contribution in [1.29, 1.82) is 0 Å². The Morgan fingerprint density at radius 1 is 1.26 bits per heavy atom. The van der Waals surface area contributed by atoms with Crippen LogP contribution in [0.3, 0.4) is 0 Å². The number of hydrogen-bond donors (Lipinski definition) is 1. The summed E-state index contributed by atoms with van der Waals surface area (Å²) in [5.41, 5.74) is 3.26. The van der Waals surface area contributed by atoms with Gasteiger partial charge in [0.05, 0.1) is 34.8 Å². The van der Waals surface area contributed by atoms with E-state index in [9.17, 15) is 9.18 Å². The molecule has 8 nitrogen and oxygen atoms in total. The molecule has 10 heteroatoms. The number of carbonyl (C=O) groups excluding carboxylic acids is 1. The van der Waals surface area contributed by atoms with Crippen molar-refractivity contribution in [3.8, 4) is 11.4 Å². The molecule has 31 heavy (non-hydrogen) atoms. The van der Waals surface area contributed by atoms with Crippen LogP contribution in [0.1, 0.15) is 37.4 Å². The molecule has 1 amide bonds. The monoisotopic (exact) mass is 439 g/mol. The summed E-state index contributed by atoms with van der Waals surface area (Å²) in [5.74, 6) is -1.26. The smallest absolute Gasteiger partial charge is 0.235 e. The molecular weight excluding hydrogens is 421 g/mol. The lowest BCUT2D eigenvalue weighted by Gasteiger charge is -2.19. The maximum Gasteiger partial charge on any atom is 0.235 e. The molecule has 1 atom stereocenters. The molecule has 1 aliphatic rings. The third-order valence-electron chi connectivity index (χ3n) is 5.59. The Bertz CT molecular complexity index is 1340. The highest BCUT2D eigenvalue weighted by Gasteiger charge is 2.43. The number of pyridine rings is 1. The molecule has 1 N–H and O–H groups in total. The molecule has 5 rings (SSSR count). The molecule has 0 unspecified atom stereocenters. The van der Waals surface area contributed by atoms with Crippen LogP contribution in [0, 0.1) is 5.95 Å². The number of amides is 1. The summed E-state index contributed by atoms with van der Waals surface area (Å²) in [7, 11) is 1.86. The number of anilines is 1. The molecule has 0 spiro atoms. The summed E-state index contributed by atoms with van der Waals surface area (Å²) in [4.78, 5) is 26.0. The van der Waals surface area contributed by atoms with Crippen LogP contribution in [0.25, 0.3) is 17.0 Å². The molecule has 0 radical (unpaired) electrons. The molecule has 0 aliphatic heterocycles. The Kier molecular flexibility index (Phi) is 4.33. The van der Waals surface area contributed by atoms with E-state index in [2.05, 4.69) is 25.4 Å². The lowest BCUT2D eigenvalue weighted by molar-refractivity contribution is -0.117. The van der Waals surface area contributed by atoms with Crippen molar-refractivity contribution in [3.63, 3.8) is 0 Å². The van der Waals surface area contributed by atoms with Crippen LogP contribution in [0.2, 0.25) is 5.02 Å². The van der Waals surface area contributed by atoms with Crippen LogP contribution in [0.5, 0.6) is 0 Å². The molecule has 4 aromatic rings. The Labute approximate surface area is 182 Å². The second kappa shape index (κ2) is 6.84. The fraction of sp³-hybridized carbons (Fsp3) is 0.286. The number of fused-ring (bicyclic) bond motifs is 3. The van der Waals surface area contributed by atoms with Crippen molar-refractivity contribution in [2.45, 2.75) is 31.6 Å². The number of nitrogens with one attached hydrogen (secondary N) is 1. The van der Waals surface area contributed by atoms with Crippen LogP contribution in [0.15, 0.2) is 37.1 Å². The average Bonchev–Trinajstić information content (AvgIpc) is 3.36. The number of aromatic nitrogens is 6. The minimum Gasteiger partial charge on any atom is -0.340 e. The van der Waals surface area contributed by atoms with Gasteiger partial charge in [-0.2, -0.15) is 4.39 Å². The molecule has 0 saturated carbocycles. The second-order valence-electron chi connectivity index (χ2n) is 8.41. The van der Waals surface area contributed by atoms with E-state index in [0.29, 0.717) is 34.2 Å². The van der Waals surface area contributed by atoms with Gasteiger partial charge in [-0.1, -0.05) is 25.4 Å². The molecular formula is C21H19ClFN7O. The molecule has 1 aliphatic carbocycles. The Balaban J connectivity index is 1.44.